The van der Waals surface area contributed by atoms with Crippen LogP contribution in [0.4, 0.5) is 24.8 Å². The number of nitrogens with zero attached hydrogens (tertiary/aromatic N) is 7. The monoisotopic (exact) mass is 487 g/mol. The fourth-order valence-electron chi connectivity index (χ4n) is 4.28. The van der Waals surface area contributed by atoms with Crippen LogP contribution in [0.5, 0.6) is 5.75 Å². The second-order valence-electron chi connectivity index (χ2n) is 8.58. The summed E-state index contributed by atoms with van der Waals surface area (Å²) in [6.07, 6.45) is 1.76. The average molecular weight is 487 g/mol. The van der Waals surface area contributed by atoms with Crippen LogP contribution in [0.25, 0.3) is 0 Å². The van der Waals surface area contributed by atoms with E-state index in [0.29, 0.717) is 36.9 Å². The van der Waals surface area contributed by atoms with E-state index in [-0.39, 0.29) is 18.6 Å². The standard InChI is InChI=1S/C23H24F3N7O2/c24-23(25,26)16-12-27-22(28-13-16)31-10-7-19(8-11-31)33-29-14-17(30-33)15-35-20-5-3-18(4-6-20)32-9-1-2-21(32)34/h3-6,12-14,19H,1-2,7-11,15H2. The molecule has 2 aromatic heterocycles. The Morgan fingerprint density at radius 2 is 1.71 bits per heavy atom. The summed E-state index contributed by atoms with van der Waals surface area (Å²) in [5, 5.41) is 8.90. The minimum atomic E-state index is -4.45. The van der Waals surface area contributed by atoms with Crippen molar-refractivity contribution in [1.29, 1.82) is 0 Å². The number of halogens is 3. The summed E-state index contributed by atoms with van der Waals surface area (Å²) in [4.78, 5) is 24.9. The van der Waals surface area contributed by atoms with Gasteiger partial charge in [-0.1, -0.05) is 0 Å². The predicted molar refractivity (Wildman–Crippen MR) is 120 cm³/mol. The normalized spacial score (nSPS) is 17.3. The number of hydrogen-bond donors (Lipinski definition) is 0. The number of ether oxygens (including phenoxy) is 1. The fraction of sp³-hybridized carbons (Fsp3) is 0.435. The van der Waals surface area contributed by atoms with Crippen molar-refractivity contribution in [2.75, 3.05) is 29.4 Å². The van der Waals surface area contributed by atoms with E-state index in [0.717, 1.165) is 43.9 Å². The SMILES string of the molecule is O=C1CCCN1c1ccc(OCc2cnn(C3CCN(c4ncc(C(F)(F)F)cn4)CC3)n2)cc1. The Morgan fingerprint density at radius 1 is 1.00 bits per heavy atom. The van der Waals surface area contributed by atoms with Crippen LogP contribution < -0.4 is 14.5 Å². The zero-order valence-corrected chi connectivity index (χ0v) is 18.9. The molecular weight excluding hydrogens is 463 g/mol. The number of piperidine rings is 1. The summed E-state index contributed by atoms with van der Waals surface area (Å²) in [6, 6.07) is 7.51. The number of hydrogen-bond acceptors (Lipinski definition) is 7. The van der Waals surface area contributed by atoms with Crippen molar-refractivity contribution in [3.63, 3.8) is 0 Å². The third-order valence-corrected chi connectivity index (χ3v) is 6.20. The number of anilines is 2. The van der Waals surface area contributed by atoms with E-state index in [1.54, 1.807) is 15.9 Å². The maximum Gasteiger partial charge on any atom is 0.419 e. The molecule has 0 atom stereocenters. The number of aromatic nitrogens is 5. The molecule has 1 aromatic carbocycles. The molecular formula is C23H24F3N7O2. The maximum atomic E-state index is 12.7. The quantitative estimate of drug-likeness (QED) is 0.525. The summed E-state index contributed by atoms with van der Waals surface area (Å²) < 4.78 is 43.9. The number of amides is 1. The number of rotatable bonds is 6. The highest BCUT2D eigenvalue weighted by Gasteiger charge is 2.32. The lowest BCUT2D eigenvalue weighted by molar-refractivity contribution is -0.138. The fourth-order valence-corrected chi connectivity index (χ4v) is 4.28. The van der Waals surface area contributed by atoms with E-state index in [1.165, 1.54) is 0 Å². The van der Waals surface area contributed by atoms with Crippen molar-refractivity contribution >= 4 is 17.5 Å². The Labute approximate surface area is 199 Å². The largest absolute Gasteiger partial charge is 0.487 e. The zero-order chi connectivity index (χ0) is 24.4. The van der Waals surface area contributed by atoms with Crippen LogP contribution in [0.2, 0.25) is 0 Å². The number of alkyl halides is 3. The molecule has 0 N–H and O–H groups in total. The van der Waals surface area contributed by atoms with Gasteiger partial charge in [-0.2, -0.15) is 28.2 Å². The van der Waals surface area contributed by atoms with Gasteiger partial charge < -0.3 is 14.5 Å². The second-order valence-corrected chi connectivity index (χ2v) is 8.58. The molecule has 2 fully saturated rings. The van der Waals surface area contributed by atoms with Crippen molar-refractivity contribution in [1.82, 2.24) is 25.0 Å². The number of carbonyl (C=O) groups excluding carboxylic acids is 1. The van der Waals surface area contributed by atoms with Gasteiger partial charge in [-0.25, -0.2) is 9.97 Å². The van der Waals surface area contributed by atoms with Crippen molar-refractivity contribution < 1.29 is 22.7 Å². The third-order valence-electron chi connectivity index (χ3n) is 6.20. The van der Waals surface area contributed by atoms with Crippen LogP contribution in [-0.2, 0) is 17.6 Å². The Hall–Kier alpha value is -3.70. The van der Waals surface area contributed by atoms with Crippen LogP contribution >= 0.6 is 0 Å². The molecule has 0 spiro atoms. The molecule has 2 aliphatic heterocycles. The van der Waals surface area contributed by atoms with Crippen LogP contribution in [0.1, 0.15) is 43.0 Å². The molecule has 35 heavy (non-hydrogen) atoms. The molecule has 0 saturated carbocycles. The molecule has 3 aromatic rings. The molecule has 184 valence electrons. The van der Waals surface area contributed by atoms with Crippen molar-refractivity contribution in [3.8, 4) is 5.75 Å². The predicted octanol–water partition coefficient (Wildman–Crippen LogP) is 3.63. The van der Waals surface area contributed by atoms with Crippen LogP contribution in [0.15, 0.2) is 42.9 Å². The Morgan fingerprint density at radius 3 is 2.34 bits per heavy atom. The first-order valence-corrected chi connectivity index (χ1v) is 11.4. The van der Waals surface area contributed by atoms with Crippen molar-refractivity contribution in [3.05, 3.63) is 54.1 Å². The van der Waals surface area contributed by atoms with Gasteiger partial charge in [0.15, 0.2) is 0 Å². The van der Waals surface area contributed by atoms with Crippen LogP contribution in [0.3, 0.4) is 0 Å². The smallest absolute Gasteiger partial charge is 0.419 e. The van der Waals surface area contributed by atoms with Gasteiger partial charge in [-0.05, 0) is 43.5 Å². The average Bonchev–Trinajstić information content (AvgIpc) is 3.52. The minimum Gasteiger partial charge on any atom is -0.487 e. The summed E-state index contributed by atoms with van der Waals surface area (Å²) in [6.45, 7) is 2.20. The van der Waals surface area contributed by atoms with Gasteiger partial charge in [0.2, 0.25) is 11.9 Å². The van der Waals surface area contributed by atoms with E-state index >= 15 is 0 Å². The lowest BCUT2D eigenvalue weighted by Gasteiger charge is -2.31. The molecule has 0 radical (unpaired) electrons. The number of carbonyl (C=O) groups is 1. The molecule has 0 aliphatic carbocycles. The molecule has 4 heterocycles. The molecule has 9 nitrogen and oxygen atoms in total. The lowest BCUT2D eigenvalue weighted by atomic mass is 10.1. The van der Waals surface area contributed by atoms with E-state index in [2.05, 4.69) is 20.2 Å². The van der Waals surface area contributed by atoms with Gasteiger partial charge in [0.05, 0.1) is 17.8 Å². The topological polar surface area (TPSA) is 89.3 Å². The van der Waals surface area contributed by atoms with Crippen LogP contribution in [-0.4, -0.2) is 50.5 Å². The molecule has 5 rings (SSSR count). The maximum absolute atomic E-state index is 12.7. The van der Waals surface area contributed by atoms with Gasteiger partial charge in [0, 0.05) is 44.1 Å². The summed E-state index contributed by atoms with van der Waals surface area (Å²) in [7, 11) is 0. The van der Waals surface area contributed by atoms with E-state index in [9.17, 15) is 18.0 Å². The minimum absolute atomic E-state index is 0.0757. The zero-order valence-electron chi connectivity index (χ0n) is 18.9. The van der Waals surface area contributed by atoms with Crippen LogP contribution in [0, 0.1) is 0 Å². The third kappa shape index (κ3) is 5.20. The van der Waals surface area contributed by atoms with Gasteiger partial charge in [-0.15, -0.1) is 0 Å². The van der Waals surface area contributed by atoms with Gasteiger partial charge in [-0.3, -0.25) is 4.79 Å². The van der Waals surface area contributed by atoms with Crippen molar-refractivity contribution in [2.24, 2.45) is 0 Å². The lowest BCUT2D eigenvalue weighted by Crippen LogP contribution is -2.36. The Balaban J connectivity index is 1.12. The molecule has 2 saturated heterocycles. The van der Waals surface area contributed by atoms with Gasteiger partial charge >= 0.3 is 6.18 Å². The summed E-state index contributed by atoms with van der Waals surface area (Å²) >= 11 is 0. The molecule has 12 heteroatoms. The highest BCUT2D eigenvalue weighted by molar-refractivity contribution is 5.95. The van der Waals surface area contributed by atoms with Gasteiger partial charge in [0.25, 0.3) is 0 Å². The number of benzene rings is 1. The first-order chi connectivity index (χ1) is 16.9. The van der Waals surface area contributed by atoms with Crippen molar-refractivity contribution in [2.45, 2.75) is 44.5 Å². The first-order valence-electron chi connectivity index (χ1n) is 11.4. The molecule has 0 unspecified atom stereocenters. The molecule has 0 bridgehead atoms. The molecule has 2 aliphatic rings. The first kappa shape index (κ1) is 23.1. The summed E-state index contributed by atoms with van der Waals surface area (Å²) in [5.74, 6) is 1.12. The molecule has 1 amide bonds. The summed E-state index contributed by atoms with van der Waals surface area (Å²) in [5.41, 5.74) is 0.709. The highest BCUT2D eigenvalue weighted by atomic mass is 19.4. The van der Waals surface area contributed by atoms with Gasteiger partial charge in [0.1, 0.15) is 18.1 Å². The van der Waals surface area contributed by atoms with E-state index < -0.39 is 11.7 Å². The second kappa shape index (κ2) is 9.51. The van der Waals surface area contributed by atoms with E-state index in [4.69, 9.17) is 4.74 Å². The highest BCUT2D eigenvalue weighted by Crippen LogP contribution is 2.29. The Bertz CT molecular complexity index is 1160. The van der Waals surface area contributed by atoms with E-state index in [1.807, 2.05) is 29.2 Å². The Kier molecular flexibility index (Phi) is 6.27.